The van der Waals surface area contributed by atoms with Crippen LogP contribution in [0.4, 0.5) is 8.28 Å². The van der Waals surface area contributed by atoms with Gasteiger partial charge in [0.05, 0.1) is 43.3 Å². The summed E-state index contributed by atoms with van der Waals surface area (Å²) in [4.78, 5) is 85.5. The molecular weight excluding hydrogens is 928 g/mol. The number of amides is 6. The van der Waals surface area contributed by atoms with Crippen molar-refractivity contribution >= 4 is 66.1 Å². The number of aryl methyl sites for hydroxylation is 1. The number of carbonyl (C=O) groups excluding carboxylic acids is 6. The molecule has 4 rings (SSSR count). The molecule has 0 bridgehead atoms. The Morgan fingerprint density at radius 3 is 2.43 bits per heavy atom. The van der Waals surface area contributed by atoms with E-state index in [1.54, 1.807) is 24.3 Å². The number of fused-ring (bicyclic) bond motifs is 1. The number of nitrogens with zero attached hydrogens (tertiary/aromatic N) is 4. The molecule has 6 amide bonds. The van der Waals surface area contributed by atoms with Crippen LogP contribution in [-0.2, 0) is 40.9 Å². The van der Waals surface area contributed by atoms with Crippen LogP contribution in [0.1, 0.15) is 81.1 Å². The van der Waals surface area contributed by atoms with E-state index in [0.717, 1.165) is 43.7 Å². The lowest BCUT2D eigenvalue weighted by Gasteiger charge is -2.21. The molecule has 0 saturated carbocycles. The van der Waals surface area contributed by atoms with E-state index < -0.39 is 64.1 Å². The van der Waals surface area contributed by atoms with Gasteiger partial charge in [-0.3, -0.25) is 38.7 Å². The summed E-state index contributed by atoms with van der Waals surface area (Å²) in [6, 6.07) is 11.5. The van der Waals surface area contributed by atoms with Crippen molar-refractivity contribution in [2.45, 2.75) is 89.1 Å². The van der Waals surface area contributed by atoms with E-state index in [4.69, 9.17) is 4.74 Å². The summed E-state index contributed by atoms with van der Waals surface area (Å²) in [5.74, 6) is -2.98. The fraction of sp³-hybridized carbons (Fsp3) is 0.511. The van der Waals surface area contributed by atoms with Crippen LogP contribution in [0, 0.1) is 11.3 Å². The minimum Gasteiger partial charge on any atom is -0.492 e. The third kappa shape index (κ3) is 18.9. The first-order valence-electron chi connectivity index (χ1n) is 22.4. The van der Waals surface area contributed by atoms with Gasteiger partial charge in [0.25, 0.3) is 5.91 Å². The maximum atomic E-state index is 14.5. The van der Waals surface area contributed by atoms with Crippen molar-refractivity contribution in [2.24, 2.45) is 0 Å². The molecule has 1 aliphatic rings. The van der Waals surface area contributed by atoms with Crippen molar-refractivity contribution < 1.29 is 54.4 Å². The zero-order valence-electron chi connectivity index (χ0n) is 38.2. The van der Waals surface area contributed by atoms with Crippen LogP contribution in [-0.4, -0.2) is 135 Å². The molecule has 23 heteroatoms. The number of likely N-dealkylation sites (tertiary alicyclic amines) is 1. The maximum Gasteiger partial charge on any atom is 0.488 e. The molecule has 1 saturated heterocycles. The van der Waals surface area contributed by atoms with Crippen molar-refractivity contribution in [3.05, 3.63) is 65.9 Å². The Balaban J connectivity index is 1.32. The van der Waals surface area contributed by atoms with E-state index in [0.29, 0.717) is 22.2 Å². The van der Waals surface area contributed by atoms with Crippen LogP contribution in [0.15, 0.2) is 54.7 Å². The molecule has 0 spiro atoms. The quantitative estimate of drug-likeness (QED) is 0.0399. The number of carbonyl (C=O) groups is 6. The predicted octanol–water partition coefficient (Wildman–Crippen LogP) is 2.75. The van der Waals surface area contributed by atoms with Crippen molar-refractivity contribution in [3.63, 3.8) is 0 Å². The highest BCUT2D eigenvalue weighted by molar-refractivity contribution is 7.81. The fourth-order valence-corrected chi connectivity index (χ4v) is 8.11. The fourth-order valence-electron chi connectivity index (χ4n) is 7.36. The Hall–Kier alpha value is -6.04. The van der Waals surface area contributed by atoms with Gasteiger partial charge in [0.2, 0.25) is 29.5 Å². The van der Waals surface area contributed by atoms with E-state index in [-0.39, 0.29) is 88.7 Å². The second-order valence-corrected chi connectivity index (χ2v) is 18.2. The Bertz CT molecular complexity index is 2390. The van der Waals surface area contributed by atoms with Crippen LogP contribution in [0.25, 0.3) is 10.9 Å². The summed E-state index contributed by atoms with van der Waals surface area (Å²) in [5, 5.41) is 21.3. The van der Waals surface area contributed by atoms with Crippen LogP contribution >= 0.6 is 9.24 Å². The topological polar surface area (TPSA) is 258 Å². The average molecular weight is 988 g/mol. The van der Waals surface area contributed by atoms with Gasteiger partial charge in [0.1, 0.15) is 35.6 Å². The standard InChI is InChI=1S/C45H60F2N9O10PS/c1-3-5-6-22-55(21-4-2)29-41(59)51-19-18-50-39(57)15-13-38(54-40(58)14-10-31-8-7-9-34(24-31)66-68(47,63)64)44(62)52-20-23-65-33-11-12-37-36(25-33)35(16-17-49-37)43(61)53-28-42(60)56-30-45(46,67)26-32(56)27-48/h7-9,11-12,16-17,24-25,32,38H,3-6,10,13-15,18-23,26,28-30,67H2,1-2H3,(H,50,57)(H,51,59)(H,52,62)(H,53,61)(H,54,58). The monoisotopic (exact) mass is 987 g/mol. The van der Waals surface area contributed by atoms with E-state index in [1.807, 2.05) is 15.3 Å². The summed E-state index contributed by atoms with van der Waals surface area (Å²) < 4.78 is 59.5. The molecule has 1 aromatic heterocycles. The Morgan fingerprint density at radius 1 is 0.941 bits per heavy atom. The van der Waals surface area contributed by atoms with Crippen molar-refractivity contribution in [2.75, 3.05) is 59.0 Å². The average Bonchev–Trinajstić information content (AvgIpc) is 3.62. The molecule has 19 nitrogen and oxygen atoms in total. The zero-order valence-corrected chi connectivity index (χ0v) is 40.2. The summed E-state index contributed by atoms with van der Waals surface area (Å²) in [5.41, 5.74) is 1.05. The van der Waals surface area contributed by atoms with E-state index in [2.05, 4.69) is 54.5 Å². The molecule has 1 aliphatic heterocycles. The normalized spacial score (nSPS) is 16.1. The molecule has 0 radical (unpaired) electrons. The molecule has 5 N–H and O–H groups in total. The second-order valence-electron chi connectivity index (χ2n) is 16.2. The highest BCUT2D eigenvalue weighted by Gasteiger charge is 2.43. The number of nitriles is 1. The van der Waals surface area contributed by atoms with Gasteiger partial charge in [-0.25, -0.2) is 4.39 Å². The van der Waals surface area contributed by atoms with Gasteiger partial charge in [-0.05, 0) is 80.7 Å². The van der Waals surface area contributed by atoms with Gasteiger partial charge < -0.3 is 40.4 Å². The Morgan fingerprint density at radius 2 is 1.71 bits per heavy atom. The highest BCUT2D eigenvalue weighted by Crippen LogP contribution is 2.36. The number of benzene rings is 2. The van der Waals surface area contributed by atoms with Gasteiger partial charge in [-0.1, -0.05) is 51.9 Å². The first-order chi connectivity index (χ1) is 32.4. The van der Waals surface area contributed by atoms with Crippen LogP contribution < -0.4 is 35.5 Å². The smallest absolute Gasteiger partial charge is 0.488 e. The summed E-state index contributed by atoms with van der Waals surface area (Å²) in [7, 11) is -3.26. The number of halogens is 2. The van der Waals surface area contributed by atoms with Crippen molar-refractivity contribution in [3.8, 4) is 17.6 Å². The first-order valence-corrected chi connectivity index (χ1v) is 24.3. The molecule has 4 atom stereocenters. The number of nitrogens with one attached hydrogen (secondary N) is 5. The number of hydrogen-bond acceptors (Lipinski definition) is 13. The van der Waals surface area contributed by atoms with Crippen LogP contribution in [0.5, 0.6) is 11.5 Å². The van der Waals surface area contributed by atoms with Gasteiger partial charge in [-0.15, -0.1) is 0 Å². The van der Waals surface area contributed by atoms with Crippen LogP contribution in [0.2, 0.25) is 0 Å². The number of ether oxygens (including phenoxy) is 1. The lowest BCUT2D eigenvalue weighted by atomic mass is 10.1. The van der Waals surface area contributed by atoms with Gasteiger partial charge in [-0.2, -0.15) is 13.7 Å². The third-order valence-corrected chi connectivity index (χ3v) is 11.5. The minimum atomic E-state index is -5.27. The second kappa shape index (κ2) is 27.1. The lowest BCUT2D eigenvalue weighted by Crippen LogP contribution is -2.48. The number of rotatable bonds is 28. The molecule has 4 unspecified atom stereocenters. The molecule has 3 aromatic rings. The molecule has 0 aliphatic carbocycles. The number of unbranched alkanes of at least 4 members (excludes halogenated alkanes) is 2. The molecule has 370 valence electrons. The van der Waals surface area contributed by atoms with Crippen molar-refractivity contribution in [1.29, 1.82) is 5.26 Å². The van der Waals surface area contributed by atoms with E-state index in [9.17, 15) is 50.7 Å². The maximum absolute atomic E-state index is 14.5. The number of hydrogen-bond donors (Lipinski definition) is 5. The molecule has 2 heterocycles. The van der Waals surface area contributed by atoms with E-state index in [1.165, 1.54) is 30.5 Å². The number of alkyl halides is 1. The lowest BCUT2D eigenvalue weighted by molar-refractivity contribution is -0.130. The molecular formula is C45H60F2N9O10PS. The van der Waals surface area contributed by atoms with Crippen molar-refractivity contribution in [1.82, 2.24) is 41.4 Å². The minimum absolute atomic E-state index is 0.0488. The first kappa shape index (κ1) is 54.6. The highest BCUT2D eigenvalue weighted by atomic mass is 32.3. The summed E-state index contributed by atoms with van der Waals surface area (Å²) in [6.07, 6.45) is 4.98. The molecule has 68 heavy (non-hydrogen) atoms. The van der Waals surface area contributed by atoms with Gasteiger partial charge >= 0.3 is 10.5 Å². The van der Waals surface area contributed by atoms with E-state index >= 15 is 0 Å². The summed E-state index contributed by atoms with van der Waals surface area (Å²) in [6.45, 7) is 5.50. The molecule has 1 fully saturated rings. The van der Waals surface area contributed by atoms with Gasteiger partial charge in [0.15, 0.2) is 0 Å². The largest absolute Gasteiger partial charge is 0.492 e. The summed E-state index contributed by atoms with van der Waals surface area (Å²) >= 11 is 0. The zero-order chi connectivity index (χ0) is 49.7. The SMILES string of the molecule is CCCCCN(CCC)CC(=O)NCCNC(=O)CCC(NC(=O)CCc1cccc(OS(=O)(=O)F)c1)C(=O)NCCOc1ccc2nccc(C(=O)NCC(=O)N3CC(F)(P)CC3C#N)c2c1. The number of pyridine rings is 1. The molecule has 2 aromatic carbocycles. The van der Waals surface area contributed by atoms with Gasteiger partial charge in [0, 0.05) is 43.9 Å². The number of aromatic nitrogens is 1. The predicted molar refractivity (Wildman–Crippen MR) is 251 cm³/mol. The Labute approximate surface area is 397 Å². The third-order valence-electron chi connectivity index (χ3n) is 10.6. The Kier molecular flexibility index (Phi) is 21.7. The van der Waals surface area contributed by atoms with Crippen LogP contribution in [0.3, 0.4) is 0 Å².